The third kappa shape index (κ3) is 64.4. The normalized spacial score (nSPS) is 12.4. The maximum Gasteiger partial charge on any atom is 0.306 e. The number of hydrogen-bond acceptors (Lipinski definition) is 5. The van der Waals surface area contributed by atoms with Crippen LogP contribution in [0.25, 0.3) is 0 Å². The summed E-state index contributed by atoms with van der Waals surface area (Å²) in [4.78, 5) is 24.6. The molecule has 0 aliphatic heterocycles. The van der Waals surface area contributed by atoms with Gasteiger partial charge in [-0.25, -0.2) is 0 Å². The Morgan fingerprint density at radius 3 is 0.803 bits per heavy atom. The molecular weight excluding hydrogens is 933 g/mol. The Labute approximate surface area is 475 Å². The van der Waals surface area contributed by atoms with Crippen LogP contribution in [0.3, 0.4) is 0 Å². The zero-order valence-electron chi connectivity index (χ0n) is 51.3. The molecule has 5 heteroatoms. The van der Waals surface area contributed by atoms with Crippen LogP contribution in [0.2, 0.25) is 0 Å². The molecule has 0 aromatic rings. The summed E-state index contributed by atoms with van der Waals surface area (Å²) in [6.45, 7) is 4.18. The van der Waals surface area contributed by atoms with Gasteiger partial charge in [0.25, 0.3) is 0 Å². The summed E-state index contributed by atoms with van der Waals surface area (Å²) in [5.41, 5.74) is 0. The smallest absolute Gasteiger partial charge is 0.306 e. The van der Waals surface area contributed by atoms with Crippen molar-refractivity contribution >= 4 is 11.9 Å². The van der Waals surface area contributed by atoms with Gasteiger partial charge in [0.15, 0.2) is 6.10 Å². The number of esters is 2. The summed E-state index contributed by atoms with van der Waals surface area (Å²) in [5, 5.41) is 9.69. The van der Waals surface area contributed by atoms with Crippen molar-refractivity contribution in [1.82, 2.24) is 0 Å². The minimum Gasteiger partial charge on any atom is -0.462 e. The van der Waals surface area contributed by atoms with Gasteiger partial charge in [0, 0.05) is 12.8 Å². The lowest BCUT2D eigenvalue weighted by Crippen LogP contribution is -2.28. The summed E-state index contributed by atoms with van der Waals surface area (Å²) < 4.78 is 10.8. The molecule has 0 saturated carbocycles. The van der Waals surface area contributed by atoms with Gasteiger partial charge in [0.1, 0.15) is 6.61 Å². The van der Waals surface area contributed by atoms with Crippen LogP contribution >= 0.6 is 0 Å². The van der Waals surface area contributed by atoms with Gasteiger partial charge in [0.2, 0.25) is 0 Å². The summed E-state index contributed by atoms with van der Waals surface area (Å²) in [6, 6.07) is 0. The maximum atomic E-state index is 12.3. The largest absolute Gasteiger partial charge is 0.462 e. The Balaban J connectivity index is 3.40. The van der Waals surface area contributed by atoms with Crippen molar-refractivity contribution in [3.05, 3.63) is 48.6 Å². The van der Waals surface area contributed by atoms with Crippen LogP contribution in [0.5, 0.6) is 0 Å². The molecule has 0 aliphatic carbocycles. The highest BCUT2D eigenvalue weighted by Crippen LogP contribution is 2.18. The molecule has 76 heavy (non-hydrogen) atoms. The molecule has 1 unspecified atom stereocenters. The molecule has 0 bridgehead atoms. The van der Waals surface area contributed by atoms with E-state index in [0.29, 0.717) is 12.8 Å². The number of ether oxygens (including phenoxy) is 2. The van der Waals surface area contributed by atoms with Crippen LogP contribution < -0.4 is 0 Å². The quantitative estimate of drug-likeness (QED) is 0.0373. The Hall–Kier alpha value is -2.14. The lowest BCUT2D eigenvalue weighted by Gasteiger charge is -2.15. The third-order valence-electron chi connectivity index (χ3n) is 15.6. The van der Waals surface area contributed by atoms with Gasteiger partial charge in [-0.3, -0.25) is 9.59 Å². The Morgan fingerprint density at radius 2 is 0.526 bits per heavy atom. The lowest BCUT2D eigenvalue weighted by molar-refractivity contribution is -0.161. The van der Waals surface area contributed by atoms with Gasteiger partial charge in [-0.1, -0.05) is 332 Å². The van der Waals surface area contributed by atoms with E-state index in [9.17, 15) is 14.7 Å². The highest BCUT2D eigenvalue weighted by atomic mass is 16.6. The Kier molecular flexibility index (Phi) is 65.2. The maximum absolute atomic E-state index is 12.3. The number of unbranched alkanes of at least 4 members (excludes halogenated alkanes) is 48. The summed E-state index contributed by atoms with van der Waals surface area (Å²) >= 11 is 0. The van der Waals surface area contributed by atoms with Gasteiger partial charge in [-0.15, -0.1) is 0 Å². The zero-order valence-corrected chi connectivity index (χ0v) is 51.3. The molecule has 0 aliphatic rings. The number of hydrogen-bond donors (Lipinski definition) is 1. The van der Waals surface area contributed by atoms with Crippen LogP contribution in [0.4, 0.5) is 0 Å². The number of aliphatic hydroxyl groups excluding tert-OH is 1. The molecule has 1 N–H and O–H groups in total. The van der Waals surface area contributed by atoms with Crippen molar-refractivity contribution in [2.24, 2.45) is 0 Å². The van der Waals surface area contributed by atoms with Crippen molar-refractivity contribution in [3.63, 3.8) is 0 Å². The molecule has 0 saturated heterocycles. The molecule has 0 heterocycles. The Bertz CT molecular complexity index is 1250. The number of aliphatic hydroxyl groups is 1. The van der Waals surface area contributed by atoms with Crippen LogP contribution in [-0.4, -0.2) is 36.4 Å². The van der Waals surface area contributed by atoms with Gasteiger partial charge in [-0.05, 0) is 77.0 Å². The van der Waals surface area contributed by atoms with E-state index in [1.54, 1.807) is 0 Å². The minimum absolute atomic E-state index is 0.0626. The number of carbonyl (C=O) groups is 2. The van der Waals surface area contributed by atoms with E-state index in [2.05, 4.69) is 62.5 Å². The first-order chi connectivity index (χ1) is 37.6. The summed E-state index contributed by atoms with van der Waals surface area (Å²) in [6.07, 6.45) is 90.0. The second-order valence-corrected chi connectivity index (χ2v) is 23.3. The number of rotatable bonds is 64. The second kappa shape index (κ2) is 67.1. The molecular formula is C71H132O5. The van der Waals surface area contributed by atoms with Crippen molar-refractivity contribution in [1.29, 1.82) is 0 Å². The van der Waals surface area contributed by atoms with Gasteiger partial charge >= 0.3 is 11.9 Å². The molecule has 0 fully saturated rings. The van der Waals surface area contributed by atoms with Gasteiger partial charge in [0.05, 0.1) is 6.61 Å². The van der Waals surface area contributed by atoms with E-state index < -0.39 is 6.10 Å². The molecule has 0 spiro atoms. The second-order valence-electron chi connectivity index (χ2n) is 23.3. The average Bonchev–Trinajstić information content (AvgIpc) is 3.42. The van der Waals surface area contributed by atoms with Crippen LogP contribution in [0, 0.1) is 0 Å². The van der Waals surface area contributed by atoms with Gasteiger partial charge < -0.3 is 14.6 Å². The van der Waals surface area contributed by atoms with E-state index in [0.717, 1.165) is 51.4 Å². The fourth-order valence-corrected chi connectivity index (χ4v) is 10.4. The van der Waals surface area contributed by atoms with Crippen molar-refractivity contribution < 1.29 is 24.2 Å². The van der Waals surface area contributed by atoms with Crippen molar-refractivity contribution in [3.8, 4) is 0 Å². The van der Waals surface area contributed by atoms with Crippen LogP contribution in [0.1, 0.15) is 373 Å². The predicted molar refractivity (Wildman–Crippen MR) is 334 cm³/mol. The van der Waals surface area contributed by atoms with Crippen LogP contribution in [0.15, 0.2) is 48.6 Å². The van der Waals surface area contributed by atoms with E-state index in [1.807, 2.05) is 0 Å². The van der Waals surface area contributed by atoms with E-state index in [-0.39, 0.29) is 25.2 Å². The predicted octanol–water partition coefficient (Wildman–Crippen LogP) is 23.5. The minimum atomic E-state index is -0.773. The molecule has 446 valence electrons. The first-order valence-electron chi connectivity index (χ1n) is 34.2. The fourth-order valence-electron chi connectivity index (χ4n) is 10.4. The highest BCUT2D eigenvalue weighted by Gasteiger charge is 2.16. The average molecular weight is 1070 g/mol. The fraction of sp³-hybridized carbons (Fsp3) is 0.859. The van der Waals surface area contributed by atoms with Crippen molar-refractivity contribution in [2.75, 3.05) is 13.2 Å². The van der Waals surface area contributed by atoms with E-state index in [1.165, 1.54) is 295 Å². The highest BCUT2D eigenvalue weighted by molar-refractivity contribution is 5.70. The molecule has 5 nitrogen and oxygen atoms in total. The molecule has 0 amide bonds. The summed E-state index contributed by atoms with van der Waals surface area (Å²) in [7, 11) is 0. The molecule has 0 aromatic heterocycles. The standard InChI is InChI=1S/C71H132O5/c1-3-5-7-9-11-13-15-17-19-21-23-25-27-29-31-32-33-34-35-36-37-38-40-41-43-45-47-49-51-53-55-57-59-61-63-65-70(73)75-68-69(67-72)76-71(74)66-64-62-60-58-56-54-52-50-48-46-44-42-39-30-28-26-24-22-20-18-16-14-12-10-8-6-4-2/h16,18,21-24,28,30,69,72H,3-15,17,19-20,25-27,29,31-68H2,1-2H3/b18-16-,23-21-,24-22-,30-28-. The van der Waals surface area contributed by atoms with Gasteiger partial charge in [-0.2, -0.15) is 0 Å². The monoisotopic (exact) mass is 1070 g/mol. The number of allylic oxidation sites excluding steroid dienone is 8. The topological polar surface area (TPSA) is 72.8 Å². The molecule has 0 rings (SSSR count). The Morgan fingerprint density at radius 1 is 0.303 bits per heavy atom. The van der Waals surface area contributed by atoms with E-state index in [4.69, 9.17) is 9.47 Å². The first-order valence-corrected chi connectivity index (χ1v) is 34.2. The van der Waals surface area contributed by atoms with E-state index >= 15 is 0 Å². The number of carbonyl (C=O) groups excluding carboxylic acids is 2. The molecule has 0 radical (unpaired) electrons. The summed E-state index contributed by atoms with van der Waals surface area (Å²) in [5.74, 6) is -0.574. The SMILES string of the molecule is CCCCCCC/C=C\C/C=C\C/C=C\CCCCCCCCCCCCCCC(=O)OC(CO)COC(=O)CCCCCCCCCCCCCCCCCCCCCCCCC/C=C\CCCCCCCCCC. The van der Waals surface area contributed by atoms with Crippen molar-refractivity contribution in [2.45, 2.75) is 380 Å². The first kappa shape index (κ1) is 73.9. The lowest BCUT2D eigenvalue weighted by atomic mass is 10.0. The zero-order chi connectivity index (χ0) is 54.8. The van der Waals surface area contributed by atoms with Crippen LogP contribution in [-0.2, 0) is 19.1 Å². The molecule has 1 atom stereocenters. The third-order valence-corrected chi connectivity index (χ3v) is 15.6. The molecule has 0 aromatic carbocycles.